The zero-order valence-corrected chi connectivity index (χ0v) is 39.5. The molecule has 3 nitrogen and oxygen atoms in total. The van der Waals surface area contributed by atoms with Crippen LogP contribution >= 0.6 is 11.3 Å². The fourth-order valence-electron chi connectivity index (χ4n) is 9.95. The first-order chi connectivity index (χ1) is 28.5. The molecule has 4 heteroatoms. The van der Waals surface area contributed by atoms with Gasteiger partial charge in [0.05, 0.1) is 34.1 Å². The first kappa shape index (κ1) is 39.8. The molecule has 0 saturated carbocycles. The van der Waals surface area contributed by atoms with Gasteiger partial charge in [-0.1, -0.05) is 152 Å². The highest BCUT2D eigenvalue weighted by Crippen LogP contribution is 2.68. The lowest BCUT2D eigenvalue weighted by atomic mass is 9.82. The van der Waals surface area contributed by atoms with Crippen LogP contribution < -0.4 is 14.7 Å². The number of hydrogen-bond donors (Lipinski definition) is 0. The molecule has 7 aromatic rings. The van der Waals surface area contributed by atoms with Crippen LogP contribution in [0.1, 0.15) is 130 Å². The molecule has 0 atom stereocenters. The zero-order chi connectivity index (χ0) is 43.3. The van der Waals surface area contributed by atoms with E-state index in [0.29, 0.717) is 0 Å². The lowest BCUT2D eigenvalue weighted by molar-refractivity contribution is 0.589. The molecule has 0 radical (unpaired) electrons. The maximum atomic E-state index is 2.64. The summed E-state index contributed by atoms with van der Waals surface area (Å²) in [7, 11) is 0. The summed E-state index contributed by atoms with van der Waals surface area (Å²) in [6.07, 6.45) is 0. The minimum Gasteiger partial charge on any atom is -0.306 e. The van der Waals surface area contributed by atoms with Crippen LogP contribution in [0, 0.1) is 0 Å². The molecule has 10 rings (SSSR count). The second-order valence-electron chi connectivity index (χ2n) is 22.5. The molecular formula is C57H61N3S. The number of nitrogens with zero attached hydrogens (tertiary/aromatic N) is 3. The number of hydrogen-bond acceptors (Lipinski definition) is 4. The van der Waals surface area contributed by atoms with Gasteiger partial charge in [0.2, 0.25) is 0 Å². The van der Waals surface area contributed by atoms with Gasteiger partial charge in [0.15, 0.2) is 0 Å². The topological polar surface area (TPSA) is 9.72 Å². The lowest BCUT2D eigenvalue weighted by Gasteiger charge is -2.47. The maximum absolute atomic E-state index is 2.64. The predicted molar refractivity (Wildman–Crippen MR) is 265 cm³/mol. The summed E-state index contributed by atoms with van der Waals surface area (Å²) >= 11 is 1.94. The SMILES string of the molecule is CC(C)(C)c1ccc(N2c3ccc(C(C)(C)C)cc3N3c4sc5cc6c(cc5c4N(c4ccc(C(C)(C)C)cc4)c4cc(C(C)(C)C)cc2c43)-c2ccccc2C6(C)C)cc1. The lowest BCUT2D eigenvalue weighted by Crippen LogP contribution is -2.31. The van der Waals surface area contributed by atoms with Crippen LogP contribution in [0.5, 0.6) is 0 Å². The first-order valence-electron chi connectivity index (χ1n) is 22.2. The molecule has 0 spiro atoms. The van der Waals surface area contributed by atoms with E-state index in [0.717, 1.165) is 0 Å². The van der Waals surface area contributed by atoms with Crippen LogP contribution in [0.4, 0.5) is 50.5 Å². The van der Waals surface area contributed by atoms with Crippen molar-refractivity contribution in [1.82, 2.24) is 0 Å². The van der Waals surface area contributed by atoms with Crippen LogP contribution in [0.15, 0.2) is 115 Å². The summed E-state index contributed by atoms with van der Waals surface area (Å²) in [5.74, 6) is 0. The normalized spacial score (nSPS) is 15.4. The van der Waals surface area contributed by atoms with Crippen LogP contribution in [-0.2, 0) is 27.1 Å². The van der Waals surface area contributed by atoms with Gasteiger partial charge in [-0.2, -0.15) is 0 Å². The molecule has 0 unspecified atom stereocenters. The second kappa shape index (κ2) is 12.9. The molecule has 0 bridgehead atoms. The average molecular weight is 820 g/mol. The van der Waals surface area contributed by atoms with E-state index in [2.05, 4.69) is 227 Å². The monoisotopic (exact) mass is 819 g/mol. The van der Waals surface area contributed by atoms with Crippen molar-refractivity contribution >= 4 is 71.9 Å². The summed E-state index contributed by atoms with van der Waals surface area (Å²) in [5, 5.41) is 2.56. The Labute approximate surface area is 368 Å². The van der Waals surface area contributed by atoms with E-state index < -0.39 is 0 Å². The Balaban J connectivity index is 1.34. The van der Waals surface area contributed by atoms with Gasteiger partial charge in [-0.15, -0.1) is 11.3 Å². The molecule has 0 amide bonds. The summed E-state index contributed by atoms with van der Waals surface area (Å²) in [5.41, 5.74) is 20.4. The molecule has 1 aromatic heterocycles. The highest BCUT2D eigenvalue weighted by Gasteiger charge is 2.44. The summed E-state index contributed by atoms with van der Waals surface area (Å²) in [6, 6.07) is 45.1. The fraction of sp³-hybridized carbons (Fsp3) is 0.333. The Hall–Kier alpha value is -5.32. The van der Waals surface area contributed by atoms with Crippen molar-refractivity contribution in [3.63, 3.8) is 0 Å². The van der Waals surface area contributed by atoms with Gasteiger partial charge in [-0.3, -0.25) is 4.90 Å². The minimum absolute atomic E-state index is 0.0349. The molecule has 0 fully saturated rings. The zero-order valence-electron chi connectivity index (χ0n) is 38.7. The second-order valence-corrected chi connectivity index (χ2v) is 23.5. The summed E-state index contributed by atoms with van der Waals surface area (Å²) in [6.45, 7) is 32.7. The molecular weight excluding hydrogens is 759 g/mol. The Morgan fingerprint density at radius 3 is 1.49 bits per heavy atom. The number of benzene rings is 6. The molecule has 6 aromatic carbocycles. The number of fused-ring (bicyclic) bond motifs is 9. The van der Waals surface area contributed by atoms with Gasteiger partial charge < -0.3 is 9.80 Å². The van der Waals surface area contributed by atoms with Gasteiger partial charge in [-0.05, 0) is 127 Å². The summed E-state index contributed by atoms with van der Waals surface area (Å²) in [4.78, 5) is 7.81. The predicted octanol–water partition coefficient (Wildman–Crippen LogP) is 17.4. The van der Waals surface area contributed by atoms with Crippen LogP contribution in [0.2, 0.25) is 0 Å². The Morgan fingerprint density at radius 1 is 0.410 bits per heavy atom. The standard InChI is InChI=1S/C57H61N3S/c1-53(2,3)34-19-24-38(25-20-34)58-45-28-23-36(55(7,8)9)29-46(45)60-51-47(58)30-37(56(10,11)12)31-48(51)59(39-26-21-35(22-27-39)54(4,5)6)50-42-32-41-40-17-15-16-18-43(40)57(13,14)44(41)33-49(42)61-52(50)60/h15-33H,1-14H3. The van der Waals surface area contributed by atoms with Crippen molar-refractivity contribution < 1.29 is 0 Å². The number of anilines is 9. The smallest absolute Gasteiger partial charge is 0.126 e. The van der Waals surface area contributed by atoms with Gasteiger partial charge in [-0.25, -0.2) is 0 Å². The van der Waals surface area contributed by atoms with E-state index in [4.69, 9.17) is 0 Å². The van der Waals surface area contributed by atoms with Crippen molar-refractivity contribution in [1.29, 1.82) is 0 Å². The maximum Gasteiger partial charge on any atom is 0.126 e. The van der Waals surface area contributed by atoms with Gasteiger partial charge in [0.25, 0.3) is 0 Å². The third-order valence-electron chi connectivity index (χ3n) is 13.7. The van der Waals surface area contributed by atoms with E-state index in [9.17, 15) is 0 Å². The molecule has 2 aliphatic heterocycles. The van der Waals surface area contributed by atoms with E-state index in [1.54, 1.807) is 0 Å². The largest absolute Gasteiger partial charge is 0.306 e. The Morgan fingerprint density at radius 2 is 0.918 bits per heavy atom. The third-order valence-corrected chi connectivity index (χ3v) is 14.8. The molecule has 3 aliphatic rings. The van der Waals surface area contributed by atoms with Crippen molar-refractivity contribution in [2.45, 2.75) is 124 Å². The minimum atomic E-state index is -0.108. The molecule has 0 saturated heterocycles. The van der Waals surface area contributed by atoms with E-state index in [1.165, 1.54) is 105 Å². The average Bonchev–Trinajstić information content (AvgIpc) is 3.66. The van der Waals surface area contributed by atoms with Gasteiger partial charge in [0, 0.05) is 26.9 Å². The van der Waals surface area contributed by atoms with Crippen LogP contribution in [-0.4, -0.2) is 0 Å². The van der Waals surface area contributed by atoms with Crippen molar-refractivity contribution in [3.8, 4) is 11.1 Å². The number of thiophene rings is 1. The molecule has 0 N–H and O–H groups in total. The van der Waals surface area contributed by atoms with Crippen LogP contribution in [0.3, 0.4) is 0 Å². The Kier molecular flexibility index (Phi) is 8.39. The third kappa shape index (κ3) is 6.03. The molecule has 1 aliphatic carbocycles. The highest BCUT2D eigenvalue weighted by molar-refractivity contribution is 7.24. The van der Waals surface area contributed by atoms with E-state index >= 15 is 0 Å². The molecule has 310 valence electrons. The van der Waals surface area contributed by atoms with Crippen molar-refractivity contribution in [2.75, 3.05) is 14.7 Å². The first-order valence-corrected chi connectivity index (χ1v) is 23.0. The molecule has 3 heterocycles. The van der Waals surface area contributed by atoms with E-state index in [1.807, 2.05) is 11.3 Å². The van der Waals surface area contributed by atoms with Gasteiger partial charge in [0.1, 0.15) is 5.00 Å². The fourth-order valence-corrected chi connectivity index (χ4v) is 11.2. The Bertz CT molecular complexity index is 2920. The van der Waals surface area contributed by atoms with E-state index in [-0.39, 0.29) is 27.1 Å². The van der Waals surface area contributed by atoms with Crippen LogP contribution in [0.25, 0.3) is 21.2 Å². The highest BCUT2D eigenvalue weighted by atomic mass is 32.1. The quantitative estimate of drug-likeness (QED) is 0.172. The van der Waals surface area contributed by atoms with Gasteiger partial charge >= 0.3 is 0 Å². The number of rotatable bonds is 2. The molecule has 61 heavy (non-hydrogen) atoms. The van der Waals surface area contributed by atoms with Crippen molar-refractivity contribution in [3.05, 3.63) is 149 Å². The van der Waals surface area contributed by atoms with Crippen molar-refractivity contribution in [2.24, 2.45) is 0 Å². The summed E-state index contributed by atoms with van der Waals surface area (Å²) < 4.78 is 1.32.